The lowest BCUT2D eigenvalue weighted by Gasteiger charge is -2.30. The predicted octanol–water partition coefficient (Wildman–Crippen LogP) is 3.12. The van der Waals surface area contributed by atoms with E-state index in [1.807, 2.05) is 18.4 Å². The van der Waals surface area contributed by atoms with Gasteiger partial charge in [-0.25, -0.2) is 8.42 Å². The van der Waals surface area contributed by atoms with Gasteiger partial charge in [-0.05, 0) is 45.6 Å². The molecule has 0 N–H and O–H groups in total. The van der Waals surface area contributed by atoms with E-state index in [1.165, 1.54) is 0 Å². The highest BCUT2D eigenvalue weighted by atomic mass is 35.5. The molecular weight excluding hydrogens is 296 g/mol. The average molecular weight is 317 g/mol. The number of hydrogen-bond donors (Lipinski definition) is 0. The summed E-state index contributed by atoms with van der Waals surface area (Å²) in [6.45, 7) is 4.61. The van der Waals surface area contributed by atoms with Crippen LogP contribution in [0.25, 0.3) is 0 Å². The Morgan fingerprint density at radius 2 is 2.10 bits per heavy atom. The number of sulfonamides is 1. The van der Waals surface area contributed by atoms with E-state index in [0.29, 0.717) is 23.4 Å². The van der Waals surface area contributed by atoms with Gasteiger partial charge in [-0.15, -0.1) is 11.6 Å². The van der Waals surface area contributed by atoms with E-state index in [1.54, 1.807) is 16.6 Å². The zero-order chi connectivity index (χ0) is 14.5. The number of nitrogens with zero attached hydrogens (tertiary/aromatic N) is 2. The fourth-order valence-corrected chi connectivity index (χ4v) is 5.21. The molecule has 1 saturated carbocycles. The minimum atomic E-state index is -3.41. The Morgan fingerprint density at radius 1 is 1.40 bits per heavy atom. The van der Waals surface area contributed by atoms with Gasteiger partial charge in [0.1, 0.15) is 4.90 Å². The average Bonchev–Trinajstić information content (AvgIpc) is 3.01. The summed E-state index contributed by atoms with van der Waals surface area (Å²) >= 11 is 5.95. The molecule has 0 bridgehead atoms. The maximum absolute atomic E-state index is 12.8. The van der Waals surface area contributed by atoms with E-state index in [-0.39, 0.29) is 5.54 Å². The van der Waals surface area contributed by atoms with Gasteiger partial charge in [0.05, 0.1) is 5.88 Å². The second-order valence-corrected chi connectivity index (χ2v) is 8.56. The van der Waals surface area contributed by atoms with Gasteiger partial charge in [0, 0.05) is 30.0 Å². The molecule has 20 heavy (non-hydrogen) atoms. The van der Waals surface area contributed by atoms with E-state index >= 15 is 0 Å². The Hall–Kier alpha value is -0.520. The molecule has 1 aliphatic heterocycles. The molecule has 2 fully saturated rings. The van der Waals surface area contributed by atoms with Crippen LogP contribution in [0.2, 0.25) is 0 Å². The van der Waals surface area contributed by atoms with E-state index < -0.39 is 10.0 Å². The first-order chi connectivity index (χ1) is 9.36. The maximum Gasteiger partial charge on any atom is 0.245 e. The van der Waals surface area contributed by atoms with Crippen molar-refractivity contribution in [3.8, 4) is 0 Å². The van der Waals surface area contributed by atoms with Crippen LogP contribution in [0, 0.1) is 0 Å². The van der Waals surface area contributed by atoms with Gasteiger partial charge in [-0.1, -0.05) is 0 Å². The zero-order valence-electron chi connectivity index (χ0n) is 12.0. The molecule has 112 valence electrons. The highest BCUT2D eigenvalue weighted by molar-refractivity contribution is 7.89. The van der Waals surface area contributed by atoms with Gasteiger partial charge < -0.3 is 4.57 Å². The van der Waals surface area contributed by atoms with Crippen LogP contribution in [0.1, 0.15) is 51.3 Å². The third kappa shape index (κ3) is 2.30. The van der Waals surface area contributed by atoms with E-state index in [4.69, 9.17) is 11.6 Å². The molecule has 0 radical (unpaired) electrons. The number of aromatic nitrogens is 1. The molecule has 0 amide bonds. The van der Waals surface area contributed by atoms with E-state index in [2.05, 4.69) is 0 Å². The Kier molecular flexibility index (Phi) is 3.42. The third-order valence-corrected chi connectivity index (χ3v) is 6.75. The number of hydrogen-bond acceptors (Lipinski definition) is 2. The van der Waals surface area contributed by atoms with Crippen LogP contribution in [-0.2, 0) is 15.9 Å². The smallest absolute Gasteiger partial charge is 0.245 e. The summed E-state index contributed by atoms with van der Waals surface area (Å²) in [6.07, 6.45) is 5.86. The van der Waals surface area contributed by atoms with E-state index in [9.17, 15) is 8.42 Å². The molecule has 0 unspecified atom stereocenters. The Labute approximate surface area is 125 Å². The van der Waals surface area contributed by atoms with Crippen LogP contribution >= 0.6 is 11.6 Å². The summed E-state index contributed by atoms with van der Waals surface area (Å²) < 4.78 is 29.4. The van der Waals surface area contributed by atoms with Gasteiger partial charge in [0.15, 0.2) is 0 Å². The molecule has 2 aliphatic rings. The second-order valence-electron chi connectivity index (χ2n) is 6.43. The van der Waals surface area contributed by atoms with Crippen molar-refractivity contribution in [3.63, 3.8) is 0 Å². The molecule has 1 aromatic heterocycles. The lowest BCUT2D eigenvalue weighted by molar-refractivity contribution is 0.291. The Balaban J connectivity index is 1.99. The summed E-state index contributed by atoms with van der Waals surface area (Å²) in [5.41, 5.74) is 0.617. The third-order valence-electron chi connectivity index (χ3n) is 4.40. The topological polar surface area (TPSA) is 42.3 Å². The molecule has 0 spiro atoms. The normalized spacial score (nSPS) is 23.4. The standard InChI is InChI=1S/C14H21ClN2O2S/c1-14(2)6-3-7-17(14)20(18,19)13-8-12(9-15)16(10-13)11-4-5-11/h8,10-11H,3-7,9H2,1-2H3. The van der Waals surface area contributed by atoms with Crippen molar-refractivity contribution in [1.82, 2.24) is 8.87 Å². The first-order valence-corrected chi connectivity index (χ1v) is 9.13. The SMILES string of the molecule is CC1(C)CCCN1S(=O)(=O)c1cc(CCl)n(C2CC2)c1. The molecule has 0 atom stereocenters. The number of halogens is 1. The summed E-state index contributed by atoms with van der Waals surface area (Å²) in [4.78, 5) is 0.398. The fraction of sp³-hybridized carbons (Fsp3) is 0.714. The van der Waals surface area contributed by atoms with Gasteiger partial charge in [-0.3, -0.25) is 0 Å². The quantitative estimate of drug-likeness (QED) is 0.801. The molecule has 4 nitrogen and oxygen atoms in total. The van der Waals surface area contributed by atoms with Crippen molar-refractivity contribution in [2.24, 2.45) is 0 Å². The van der Waals surface area contributed by atoms with Crippen LogP contribution in [0.5, 0.6) is 0 Å². The van der Waals surface area contributed by atoms with Gasteiger partial charge in [-0.2, -0.15) is 4.31 Å². The van der Waals surface area contributed by atoms with Crippen molar-refractivity contribution in [3.05, 3.63) is 18.0 Å². The molecular formula is C14H21ClN2O2S. The summed E-state index contributed by atoms with van der Waals surface area (Å²) in [6, 6.07) is 2.19. The Bertz CT molecular complexity index is 617. The van der Waals surface area contributed by atoms with Crippen LogP contribution in [-0.4, -0.2) is 29.4 Å². The summed E-state index contributed by atoms with van der Waals surface area (Å²) in [5, 5.41) is 0. The zero-order valence-corrected chi connectivity index (χ0v) is 13.5. The van der Waals surface area contributed by atoms with Crippen molar-refractivity contribution in [2.75, 3.05) is 6.54 Å². The highest BCUT2D eigenvalue weighted by Gasteiger charge is 2.41. The molecule has 3 rings (SSSR count). The molecule has 6 heteroatoms. The number of alkyl halides is 1. The molecule has 1 aliphatic carbocycles. The predicted molar refractivity (Wildman–Crippen MR) is 79.5 cm³/mol. The first kappa shape index (κ1) is 14.4. The lowest BCUT2D eigenvalue weighted by atomic mass is 10.0. The van der Waals surface area contributed by atoms with Crippen molar-refractivity contribution < 1.29 is 8.42 Å². The van der Waals surface area contributed by atoms with E-state index in [0.717, 1.165) is 31.4 Å². The van der Waals surface area contributed by atoms with Crippen LogP contribution in [0.3, 0.4) is 0 Å². The second kappa shape index (κ2) is 4.75. The minimum Gasteiger partial charge on any atom is -0.346 e. The van der Waals surface area contributed by atoms with Crippen LogP contribution in [0.15, 0.2) is 17.2 Å². The summed E-state index contributed by atoms with van der Waals surface area (Å²) in [7, 11) is -3.41. The molecule has 1 aromatic rings. The van der Waals surface area contributed by atoms with Crippen LogP contribution < -0.4 is 0 Å². The molecule has 2 heterocycles. The molecule has 1 saturated heterocycles. The minimum absolute atomic E-state index is 0.290. The lowest BCUT2D eigenvalue weighted by Crippen LogP contribution is -2.42. The first-order valence-electron chi connectivity index (χ1n) is 7.16. The fourth-order valence-electron chi connectivity index (χ4n) is 3.09. The van der Waals surface area contributed by atoms with Crippen molar-refractivity contribution >= 4 is 21.6 Å². The highest BCUT2D eigenvalue weighted by Crippen LogP contribution is 2.39. The largest absolute Gasteiger partial charge is 0.346 e. The maximum atomic E-state index is 12.8. The van der Waals surface area contributed by atoms with Gasteiger partial charge >= 0.3 is 0 Å². The Morgan fingerprint density at radius 3 is 2.60 bits per heavy atom. The van der Waals surface area contributed by atoms with Gasteiger partial charge in [0.25, 0.3) is 0 Å². The van der Waals surface area contributed by atoms with Gasteiger partial charge in [0.2, 0.25) is 10.0 Å². The number of rotatable bonds is 4. The summed E-state index contributed by atoms with van der Waals surface area (Å²) in [5.74, 6) is 0.357. The van der Waals surface area contributed by atoms with Crippen molar-refractivity contribution in [1.29, 1.82) is 0 Å². The van der Waals surface area contributed by atoms with Crippen molar-refractivity contribution in [2.45, 2.75) is 61.9 Å². The monoisotopic (exact) mass is 316 g/mol. The molecule has 0 aromatic carbocycles. The van der Waals surface area contributed by atoms with Crippen LogP contribution in [0.4, 0.5) is 0 Å².